The van der Waals surface area contributed by atoms with Crippen molar-refractivity contribution in [3.8, 4) is 0 Å². The number of aromatic nitrogens is 1. The lowest BCUT2D eigenvalue weighted by Crippen LogP contribution is -2.18. The summed E-state index contributed by atoms with van der Waals surface area (Å²) in [5.74, 6) is -0.160. The molecule has 3 nitrogen and oxygen atoms in total. The normalized spacial score (nSPS) is 13.6. The Kier molecular flexibility index (Phi) is 1.82. The van der Waals surface area contributed by atoms with E-state index in [9.17, 15) is 9.59 Å². The van der Waals surface area contributed by atoms with Crippen molar-refractivity contribution in [3.05, 3.63) is 51.0 Å². The van der Waals surface area contributed by atoms with E-state index in [4.69, 9.17) is 0 Å². The molecular weight excluding hydrogens is 222 g/mol. The van der Waals surface area contributed by atoms with Crippen molar-refractivity contribution in [2.24, 2.45) is 0 Å². The van der Waals surface area contributed by atoms with Gasteiger partial charge in [0.1, 0.15) is 0 Å². The van der Waals surface area contributed by atoms with Crippen molar-refractivity contribution < 1.29 is 9.59 Å². The summed E-state index contributed by atoms with van der Waals surface area (Å²) in [7, 11) is 0. The zero-order chi connectivity index (χ0) is 11.3. The van der Waals surface area contributed by atoms with Crippen LogP contribution in [-0.4, -0.2) is 16.6 Å². The molecule has 0 bridgehead atoms. The number of rotatable bonds is 0. The Morgan fingerprint density at radius 3 is 2.75 bits per heavy atom. The van der Waals surface area contributed by atoms with Gasteiger partial charge in [-0.1, -0.05) is 0 Å². The molecule has 78 valence electrons. The van der Waals surface area contributed by atoms with Crippen LogP contribution in [0, 0.1) is 6.92 Å². The molecule has 0 aliphatic heterocycles. The molecule has 0 spiro atoms. The van der Waals surface area contributed by atoms with Gasteiger partial charge in [0.15, 0.2) is 5.78 Å². The third-order valence-electron chi connectivity index (χ3n) is 2.62. The largest absolute Gasteiger partial charge is 0.288 e. The van der Waals surface area contributed by atoms with Crippen molar-refractivity contribution in [1.29, 1.82) is 0 Å². The maximum atomic E-state index is 12.1. The van der Waals surface area contributed by atoms with Gasteiger partial charge in [0.05, 0.1) is 10.4 Å². The van der Waals surface area contributed by atoms with E-state index in [1.165, 1.54) is 23.7 Å². The van der Waals surface area contributed by atoms with Crippen LogP contribution in [0.5, 0.6) is 0 Å². The Morgan fingerprint density at radius 1 is 1.12 bits per heavy atom. The van der Waals surface area contributed by atoms with Crippen molar-refractivity contribution in [3.63, 3.8) is 0 Å². The van der Waals surface area contributed by atoms with Gasteiger partial charge in [0, 0.05) is 28.4 Å². The van der Waals surface area contributed by atoms with E-state index in [0.717, 1.165) is 4.88 Å². The van der Waals surface area contributed by atoms with Gasteiger partial charge < -0.3 is 0 Å². The SMILES string of the molecule is Cc1cc2c(s1)C(=O)c1ccncc1C2=O. The number of aryl methyl sites for hydroxylation is 1. The van der Waals surface area contributed by atoms with Gasteiger partial charge in [-0.15, -0.1) is 11.3 Å². The minimum atomic E-state index is -0.0953. The fourth-order valence-corrected chi connectivity index (χ4v) is 2.86. The van der Waals surface area contributed by atoms with Crippen molar-refractivity contribution in [1.82, 2.24) is 4.98 Å². The van der Waals surface area contributed by atoms with Gasteiger partial charge >= 0.3 is 0 Å². The Bertz CT molecular complexity index is 575. The summed E-state index contributed by atoms with van der Waals surface area (Å²) in [6.07, 6.45) is 3.00. The number of pyridine rings is 1. The molecule has 0 fully saturated rings. The second-order valence-corrected chi connectivity index (χ2v) is 4.94. The first kappa shape index (κ1) is 9.42. The Balaban J connectivity index is 2.34. The highest BCUT2D eigenvalue weighted by Crippen LogP contribution is 2.32. The first-order chi connectivity index (χ1) is 7.68. The minimum absolute atomic E-state index is 0.0647. The maximum absolute atomic E-state index is 12.1. The minimum Gasteiger partial charge on any atom is -0.288 e. The number of hydrogen-bond acceptors (Lipinski definition) is 4. The molecule has 4 heteroatoms. The topological polar surface area (TPSA) is 47.0 Å². The predicted molar refractivity (Wildman–Crippen MR) is 60.2 cm³/mol. The van der Waals surface area contributed by atoms with Crippen LogP contribution in [0.25, 0.3) is 0 Å². The number of thiophene rings is 1. The lowest BCUT2D eigenvalue weighted by Gasteiger charge is -2.12. The van der Waals surface area contributed by atoms with Crippen molar-refractivity contribution in [2.75, 3.05) is 0 Å². The number of fused-ring (bicyclic) bond motifs is 2. The van der Waals surface area contributed by atoms with Crippen molar-refractivity contribution >= 4 is 22.9 Å². The Morgan fingerprint density at radius 2 is 1.94 bits per heavy atom. The van der Waals surface area contributed by atoms with Gasteiger partial charge in [-0.25, -0.2) is 0 Å². The molecular formula is C12H7NO2S. The van der Waals surface area contributed by atoms with E-state index in [0.29, 0.717) is 21.6 Å². The second-order valence-electron chi connectivity index (χ2n) is 3.68. The molecule has 1 aliphatic carbocycles. The fourth-order valence-electron chi connectivity index (χ4n) is 1.89. The molecule has 0 N–H and O–H groups in total. The average Bonchev–Trinajstić information content (AvgIpc) is 2.68. The zero-order valence-electron chi connectivity index (χ0n) is 8.48. The Labute approximate surface area is 95.8 Å². The van der Waals surface area contributed by atoms with E-state index >= 15 is 0 Å². The summed E-state index contributed by atoms with van der Waals surface area (Å²) < 4.78 is 0. The highest BCUT2D eigenvalue weighted by Gasteiger charge is 2.31. The Hall–Kier alpha value is -1.81. The van der Waals surface area contributed by atoms with Gasteiger partial charge in [0.25, 0.3) is 0 Å². The average molecular weight is 229 g/mol. The molecule has 0 unspecified atom stereocenters. The zero-order valence-corrected chi connectivity index (χ0v) is 9.30. The van der Waals surface area contributed by atoms with E-state index in [2.05, 4.69) is 4.98 Å². The summed E-state index contributed by atoms with van der Waals surface area (Å²) in [5.41, 5.74) is 1.40. The van der Waals surface area contributed by atoms with E-state index in [-0.39, 0.29) is 11.6 Å². The van der Waals surface area contributed by atoms with E-state index < -0.39 is 0 Å². The summed E-state index contributed by atoms with van der Waals surface area (Å²) in [6, 6.07) is 3.38. The summed E-state index contributed by atoms with van der Waals surface area (Å²) in [4.78, 5) is 29.6. The van der Waals surface area contributed by atoms with Gasteiger partial charge in [-0.2, -0.15) is 0 Å². The van der Waals surface area contributed by atoms with Gasteiger partial charge in [-0.05, 0) is 19.1 Å². The molecule has 2 aromatic rings. The molecule has 0 amide bonds. The lowest BCUT2D eigenvalue weighted by molar-refractivity contribution is 0.0982. The molecule has 2 aromatic heterocycles. The summed E-state index contributed by atoms with van der Waals surface area (Å²) in [5, 5.41) is 0. The number of nitrogens with zero attached hydrogens (tertiary/aromatic N) is 1. The van der Waals surface area contributed by atoms with Crippen LogP contribution < -0.4 is 0 Å². The molecule has 0 saturated heterocycles. The number of carbonyl (C=O) groups is 2. The van der Waals surface area contributed by atoms with E-state index in [1.807, 2.05) is 6.92 Å². The third kappa shape index (κ3) is 1.10. The molecule has 16 heavy (non-hydrogen) atoms. The highest BCUT2D eigenvalue weighted by atomic mass is 32.1. The van der Waals surface area contributed by atoms with Crippen LogP contribution in [0.1, 0.15) is 36.0 Å². The summed E-state index contributed by atoms with van der Waals surface area (Å²) >= 11 is 1.37. The molecule has 1 aliphatic rings. The lowest BCUT2D eigenvalue weighted by atomic mass is 9.90. The molecule has 0 saturated carbocycles. The monoisotopic (exact) mass is 229 g/mol. The number of hydrogen-bond donors (Lipinski definition) is 0. The molecule has 0 atom stereocenters. The van der Waals surface area contributed by atoms with Crippen LogP contribution in [0.4, 0.5) is 0 Å². The molecule has 2 heterocycles. The van der Waals surface area contributed by atoms with Crippen LogP contribution in [-0.2, 0) is 0 Å². The predicted octanol–water partition coefficient (Wildman–Crippen LogP) is 2.23. The van der Waals surface area contributed by atoms with Crippen LogP contribution >= 0.6 is 11.3 Å². The third-order valence-corrected chi connectivity index (χ3v) is 3.67. The fraction of sp³-hybridized carbons (Fsp3) is 0.0833. The van der Waals surface area contributed by atoms with Crippen LogP contribution in [0.15, 0.2) is 24.5 Å². The maximum Gasteiger partial charge on any atom is 0.204 e. The van der Waals surface area contributed by atoms with E-state index in [1.54, 1.807) is 12.1 Å². The quantitative estimate of drug-likeness (QED) is 0.594. The van der Waals surface area contributed by atoms with Gasteiger partial charge in [-0.3, -0.25) is 14.6 Å². The smallest absolute Gasteiger partial charge is 0.204 e. The van der Waals surface area contributed by atoms with Crippen LogP contribution in [0.2, 0.25) is 0 Å². The summed E-state index contributed by atoms with van der Waals surface area (Å²) in [6.45, 7) is 1.90. The highest BCUT2D eigenvalue weighted by molar-refractivity contribution is 7.14. The number of carbonyl (C=O) groups excluding carboxylic acids is 2. The molecule has 3 rings (SSSR count). The number of ketones is 2. The van der Waals surface area contributed by atoms with Crippen LogP contribution in [0.3, 0.4) is 0 Å². The van der Waals surface area contributed by atoms with Gasteiger partial charge in [0.2, 0.25) is 5.78 Å². The van der Waals surface area contributed by atoms with Crippen molar-refractivity contribution in [2.45, 2.75) is 6.92 Å². The second kappa shape index (κ2) is 3.09. The molecule has 0 aromatic carbocycles. The molecule has 0 radical (unpaired) electrons. The first-order valence-electron chi connectivity index (χ1n) is 4.82. The standard InChI is InChI=1S/C12H7NO2S/c1-6-4-8-10(14)9-5-13-3-2-7(9)11(15)12(8)16-6/h2-5H,1H3. The first-order valence-corrected chi connectivity index (χ1v) is 5.64.